The summed E-state index contributed by atoms with van der Waals surface area (Å²) in [6.45, 7) is 1.95. The van der Waals surface area contributed by atoms with Gasteiger partial charge in [-0.3, -0.25) is 0 Å². The summed E-state index contributed by atoms with van der Waals surface area (Å²) in [5.74, 6) is 1.11. The Bertz CT molecular complexity index is 721. The second-order valence-electron chi connectivity index (χ2n) is 4.26. The Hall–Kier alpha value is -2.50. The Balaban J connectivity index is 1.86. The van der Waals surface area contributed by atoms with E-state index in [0.717, 1.165) is 0 Å². The number of rotatable bonds is 4. The Kier molecular flexibility index (Phi) is 3.28. The number of halogens is 1. The molecule has 3 rings (SSSR count). The predicted molar refractivity (Wildman–Crippen MR) is 68.4 cm³/mol. The molecule has 3 aromatic rings. The van der Waals surface area contributed by atoms with Crippen LogP contribution in [-0.2, 0) is 12.8 Å². The second-order valence-corrected chi connectivity index (χ2v) is 4.26. The molecule has 0 aliphatic heterocycles. The van der Waals surface area contributed by atoms with Crippen LogP contribution in [0.25, 0.3) is 11.6 Å². The number of aromatic nitrogens is 3. The van der Waals surface area contributed by atoms with E-state index in [0.29, 0.717) is 35.2 Å². The van der Waals surface area contributed by atoms with Crippen molar-refractivity contribution in [3.8, 4) is 11.6 Å². The largest absolute Gasteiger partial charge is 0.448 e. The van der Waals surface area contributed by atoms with Crippen LogP contribution in [0.2, 0.25) is 0 Å². The highest BCUT2D eigenvalue weighted by Crippen LogP contribution is 2.21. The second kappa shape index (κ2) is 5.24. The molecule has 0 saturated carbocycles. The first-order chi connectivity index (χ1) is 9.78. The van der Waals surface area contributed by atoms with Gasteiger partial charge < -0.3 is 8.94 Å². The monoisotopic (exact) mass is 273 g/mol. The minimum Gasteiger partial charge on any atom is -0.448 e. The first kappa shape index (κ1) is 12.5. The predicted octanol–water partition coefficient (Wildman–Crippen LogP) is 3.02. The van der Waals surface area contributed by atoms with Crippen molar-refractivity contribution in [2.24, 2.45) is 0 Å². The number of benzene rings is 1. The highest BCUT2D eigenvalue weighted by molar-refractivity contribution is 5.48. The molecule has 2 aromatic heterocycles. The number of hydrogen-bond donors (Lipinski definition) is 0. The molecule has 0 aliphatic rings. The first-order valence-electron chi connectivity index (χ1n) is 6.26. The zero-order valence-electron chi connectivity index (χ0n) is 10.8. The maximum atomic E-state index is 13.6. The Morgan fingerprint density at radius 1 is 1.25 bits per heavy atom. The summed E-state index contributed by atoms with van der Waals surface area (Å²) in [7, 11) is 0. The van der Waals surface area contributed by atoms with Gasteiger partial charge in [0.1, 0.15) is 11.6 Å². The van der Waals surface area contributed by atoms with Gasteiger partial charge in [-0.1, -0.05) is 30.3 Å². The Morgan fingerprint density at radius 2 is 2.10 bits per heavy atom. The van der Waals surface area contributed by atoms with Crippen LogP contribution >= 0.6 is 0 Å². The summed E-state index contributed by atoms with van der Waals surface area (Å²) in [5, 5.41) is 3.85. The zero-order valence-corrected chi connectivity index (χ0v) is 10.8. The Morgan fingerprint density at radius 3 is 2.90 bits per heavy atom. The fourth-order valence-corrected chi connectivity index (χ4v) is 1.93. The third kappa shape index (κ3) is 2.32. The van der Waals surface area contributed by atoms with Crippen molar-refractivity contribution in [2.45, 2.75) is 19.8 Å². The lowest BCUT2D eigenvalue weighted by atomic mass is 10.1. The molecule has 0 N–H and O–H groups in total. The molecule has 0 bridgehead atoms. The van der Waals surface area contributed by atoms with E-state index < -0.39 is 0 Å². The van der Waals surface area contributed by atoms with Gasteiger partial charge in [-0.2, -0.15) is 4.98 Å². The molecule has 20 heavy (non-hydrogen) atoms. The molecule has 0 unspecified atom stereocenters. The van der Waals surface area contributed by atoms with E-state index in [9.17, 15) is 4.39 Å². The molecule has 5 nitrogen and oxygen atoms in total. The van der Waals surface area contributed by atoms with Crippen LogP contribution < -0.4 is 0 Å². The third-order valence-electron chi connectivity index (χ3n) is 2.94. The van der Waals surface area contributed by atoms with Gasteiger partial charge in [0.2, 0.25) is 0 Å². The Labute approximate surface area is 114 Å². The molecule has 0 radical (unpaired) electrons. The molecule has 6 heteroatoms. The average molecular weight is 273 g/mol. The maximum Gasteiger partial charge on any atom is 0.280 e. The summed E-state index contributed by atoms with van der Waals surface area (Å²) in [6, 6.07) is 6.51. The van der Waals surface area contributed by atoms with Crippen molar-refractivity contribution in [1.82, 2.24) is 15.1 Å². The molecule has 102 valence electrons. The lowest BCUT2D eigenvalue weighted by molar-refractivity contribution is 0.421. The molecule has 1 aromatic carbocycles. The summed E-state index contributed by atoms with van der Waals surface area (Å²) in [4.78, 5) is 8.29. The van der Waals surface area contributed by atoms with E-state index in [1.54, 1.807) is 18.2 Å². The molecule has 0 saturated heterocycles. The van der Waals surface area contributed by atoms with Crippen LogP contribution in [-0.4, -0.2) is 15.1 Å². The molecule has 0 atom stereocenters. The van der Waals surface area contributed by atoms with E-state index in [1.807, 2.05) is 6.92 Å². The van der Waals surface area contributed by atoms with Gasteiger partial charge in [-0.25, -0.2) is 9.37 Å². The quantitative estimate of drug-likeness (QED) is 0.731. The molecule has 0 spiro atoms. The van der Waals surface area contributed by atoms with Gasteiger partial charge in [0, 0.05) is 12.8 Å². The maximum absolute atomic E-state index is 13.6. The van der Waals surface area contributed by atoms with E-state index in [1.165, 1.54) is 12.5 Å². The third-order valence-corrected chi connectivity index (χ3v) is 2.94. The van der Waals surface area contributed by atoms with Gasteiger partial charge in [0.05, 0.1) is 0 Å². The lowest BCUT2D eigenvalue weighted by Gasteiger charge is -1.97. The molecular weight excluding hydrogens is 261 g/mol. The first-order valence-corrected chi connectivity index (χ1v) is 6.26. The van der Waals surface area contributed by atoms with Crippen LogP contribution in [0.5, 0.6) is 0 Å². The van der Waals surface area contributed by atoms with E-state index in [2.05, 4.69) is 15.1 Å². The van der Waals surface area contributed by atoms with Crippen LogP contribution in [0.4, 0.5) is 4.39 Å². The molecular formula is C14H12FN3O2. The zero-order chi connectivity index (χ0) is 13.9. The summed E-state index contributed by atoms with van der Waals surface area (Å²) < 4.78 is 23.9. The lowest BCUT2D eigenvalue weighted by Crippen LogP contribution is -1.94. The number of aryl methyl sites for hydroxylation is 1. The minimum absolute atomic E-state index is 0.273. The van der Waals surface area contributed by atoms with Crippen LogP contribution in [0.1, 0.15) is 24.1 Å². The number of hydrogen-bond acceptors (Lipinski definition) is 5. The van der Waals surface area contributed by atoms with Crippen molar-refractivity contribution in [2.75, 3.05) is 0 Å². The number of nitrogens with zero attached hydrogens (tertiary/aromatic N) is 3. The molecule has 0 amide bonds. The van der Waals surface area contributed by atoms with Crippen LogP contribution in [0, 0.1) is 5.82 Å². The summed E-state index contributed by atoms with van der Waals surface area (Å²) >= 11 is 0. The molecule has 0 fully saturated rings. The van der Waals surface area contributed by atoms with Gasteiger partial charge in [-0.15, -0.1) is 0 Å². The smallest absolute Gasteiger partial charge is 0.280 e. The van der Waals surface area contributed by atoms with Crippen molar-refractivity contribution >= 4 is 0 Å². The highest BCUT2D eigenvalue weighted by Gasteiger charge is 2.17. The fraction of sp³-hybridized carbons (Fsp3) is 0.214. The van der Waals surface area contributed by atoms with Gasteiger partial charge in [0.25, 0.3) is 5.89 Å². The van der Waals surface area contributed by atoms with Crippen molar-refractivity contribution in [3.63, 3.8) is 0 Å². The van der Waals surface area contributed by atoms with E-state index in [-0.39, 0.29) is 12.2 Å². The topological polar surface area (TPSA) is 65.0 Å². The fourth-order valence-electron chi connectivity index (χ4n) is 1.93. The molecule has 0 aliphatic carbocycles. The molecule has 2 heterocycles. The highest BCUT2D eigenvalue weighted by atomic mass is 19.1. The van der Waals surface area contributed by atoms with Crippen molar-refractivity contribution in [1.29, 1.82) is 0 Å². The van der Waals surface area contributed by atoms with Gasteiger partial charge in [-0.05, 0) is 11.6 Å². The summed E-state index contributed by atoms with van der Waals surface area (Å²) in [6.07, 6.45) is 2.30. The number of oxazole rings is 1. The van der Waals surface area contributed by atoms with E-state index >= 15 is 0 Å². The minimum atomic E-state index is -0.283. The van der Waals surface area contributed by atoms with Gasteiger partial charge in [0.15, 0.2) is 17.9 Å². The van der Waals surface area contributed by atoms with Gasteiger partial charge >= 0.3 is 0 Å². The van der Waals surface area contributed by atoms with Crippen LogP contribution in [0.3, 0.4) is 0 Å². The van der Waals surface area contributed by atoms with Crippen molar-refractivity contribution < 1.29 is 13.3 Å². The van der Waals surface area contributed by atoms with Crippen LogP contribution in [0.15, 0.2) is 39.6 Å². The van der Waals surface area contributed by atoms with Crippen molar-refractivity contribution in [3.05, 3.63) is 53.6 Å². The normalized spacial score (nSPS) is 10.9. The van der Waals surface area contributed by atoms with E-state index in [4.69, 9.17) is 8.94 Å². The standard InChI is InChI=1S/C14H12FN3O2/c1-2-11-13(16-8-19-11)14-17-12(18-20-14)7-9-5-3-4-6-10(9)15/h3-6,8H,2,7H2,1H3. The SMILES string of the molecule is CCc1ocnc1-c1nc(Cc2ccccc2F)no1. The summed E-state index contributed by atoms with van der Waals surface area (Å²) in [5.41, 5.74) is 1.07. The average Bonchev–Trinajstić information content (AvgIpc) is 3.09.